The summed E-state index contributed by atoms with van der Waals surface area (Å²) in [6.45, 7) is 4.66. The number of aryl methyl sites for hydroxylation is 1. The number of carbonyl (C=O) groups excluding carboxylic acids is 1. The summed E-state index contributed by atoms with van der Waals surface area (Å²) in [5, 5.41) is 27.1. The number of amides is 1. The van der Waals surface area contributed by atoms with Gasteiger partial charge in [-0.3, -0.25) is 4.79 Å². The van der Waals surface area contributed by atoms with Crippen LogP contribution in [0.25, 0.3) is 11.2 Å². The topological polar surface area (TPSA) is 184 Å². The minimum atomic E-state index is -1.37. The van der Waals surface area contributed by atoms with Gasteiger partial charge in [0.05, 0.1) is 6.54 Å². The van der Waals surface area contributed by atoms with E-state index >= 15 is 0 Å². The molecule has 2 aromatic rings. The zero-order valence-electron chi connectivity index (χ0n) is 16.5. The highest BCUT2D eigenvalue weighted by molar-refractivity contribution is 5.81. The Hall–Kier alpha value is -2.58. The Morgan fingerprint density at radius 1 is 1.30 bits per heavy atom. The molecule has 1 amide bonds. The van der Waals surface area contributed by atoms with E-state index in [4.69, 9.17) is 10.5 Å². The molecular weight excluding hydrogens is 396 g/mol. The number of hydrogen-bond acceptors (Lipinski definition) is 10. The molecule has 164 valence electrons. The van der Waals surface area contributed by atoms with Gasteiger partial charge in [0.25, 0.3) is 0 Å². The first-order chi connectivity index (χ1) is 14.4. The van der Waals surface area contributed by atoms with Crippen molar-refractivity contribution in [2.45, 2.75) is 31.5 Å². The number of aliphatic hydroxyl groups is 2. The summed E-state index contributed by atoms with van der Waals surface area (Å²) in [6, 6.07) is 0. The minimum Gasteiger partial charge on any atom is -0.387 e. The maximum absolute atomic E-state index is 12.5. The fraction of sp³-hybridized carbons (Fsp3) is 0.647. The number of rotatable bonds is 5. The van der Waals surface area contributed by atoms with Crippen LogP contribution in [0.1, 0.15) is 12.1 Å². The number of anilines is 1. The highest BCUT2D eigenvalue weighted by Gasteiger charge is 2.45. The van der Waals surface area contributed by atoms with Gasteiger partial charge >= 0.3 is 5.69 Å². The third-order valence-electron chi connectivity index (χ3n) is 5.39. The number of H-pyrrole nitrogens is 1. The molecule has 2 fully saturated rings. The van der Waals surface area contributed by atoms with Crippen molar-refractivity contribution < 1.29 is 19.7 Å². The van der Waals surface area contributed by atoms with Crippen LogP contribution in [0.4, 0.5) is 5.82 Å². The molecule has 0 unspecified atom stereocenters. The summed E-state index contributed by atoms with van der Waals surface area (Å²) in [7, 11) is 0. The molecule has 4 atom stereocenters. The van der Waals surface area contributed by atoms with Gasteiger partial charge in [-0.1, -0.05) is 0 Å². The van der Waals surface area contributed by atoms with Crippen molar-refractivity contribution in [3.8, 4) is 0 Å². The lowest BCUT2D eigenvalue weighted by Gasteiger charge is -2.27. The Bertz CT molecular complexity index is 984. The van der Waals surface area contributed by atoms with Gasteiger partial charge in [-0.15, -0.1) is 0 Å². The molecular formula is C17H26N8O5. The molecule has 0 bridgehead atoms. The maximum Gasteiger partial charge on any atom is 0.330 e. The standard InChI is InChI=1S/C17H26N8O5/c1-8-21-14(18)11-15(22-8)25(17(29)23-11)16-13(28)12(27)9(30-16)6-20-7-10(26)24-4-2-19-3-5-24/h9,12-13,16,19-20,27-28H,2-7H2,1H3,(H,23,29)(H2,18,21,22)/t9-,12-,13-,16-/m1/s1. The van der Waals surface area contributed by atoms with Crippen molar-refractivity contribution in [2.24, 2.45) is 0 Å². The van der Waals surface area contributed by atoms with E-state index in [9.17, 15) is 19.8 Å². The van der Waals surface area contributed by atoms with E-state index < -0.39 is 30.2 Å². The van der Waals surface area contributed by atoms with Crippen molar-refractivity contribution >= 4 is 22.9 Å². The first-order valence-electron chi connectivity index (χ1n) is 9.82. The number of nitrogens with one attached hydrogen (secondary N) is 3. The molecule has 13 nitrogen and oxygen atoms in total. The van der Waals surface area contributed by atoms with Gasteiger partial charge in [-0.05, 0) is 6.92 Å². The predicted octanol–water partition coefficient (Wildman–Crippen LogP) is -3.35. The van der Waals surface area contributed by atoms with Crippen LogP contribution in [0.15, 0.2) is 4.79 Å². The largest absolute Gasteiger partial charge is 0.387 e. The second-order valence-electron chi connectivity index (χ2n) is 7.46. The number of nitrogen functional groups attached to an aromatic ring is 1. The van der Waals surface area contributed by atoms with Crippen LogP contribution in [0.5, 0.6) is 0 Å². The van der Waals surface area contributed by atoms with Crippen LogP contribution >= 0.6 is 0 Å². The molecule has 0 spiro atoms. The minimum absolute atomic E-state index is 0.0448. The Morgan fingerprint density at radius 3 is 2.77 bits per heavy atom. The number of aromatic amines is 1. The molecule has 0 aromatic carbocycles. The molecule has 2 saturated heterocycles. The Morgan fingerprint density at radius 2 is 2.03 bits per heavy atom. The number of ether oxygens (including phenoxy) is 1. The van der Waals surface area contributed by atoms with Crippen molar-refractivity contribution in [1.29, 1.82) is 0 Å². The lowest BCUT2D eigenvalue weighted by atomic mass is 10.1. The first-order valence-corrected chi connectivity index (χ1v) is 9.82. The van der Waals surface area contributed by atoms with E-state index in [1.807, 2.05) is 0 Å². The highest BCUT2D eigenvalue weighted by atomic mass is 16.6. The summed E-state index contributed by atoms with van der Waals surface area (Å²) in [6.07, 6.45) is -4.61. The molecule has 2 aliphatic heterocycles. The Kier molecular flexibility index (Phi) is 5.71. The van der Waals surface area contributed by atoms with Gasteiger partial charge < -0.3 is 41.2 Å². The molecule has 2 aromatic heterocycles. The number of piperazine rings is 1. The van der Waals surface area contributed by atoms with Gasteiger partial charge in [-0.25, -0.2) is 19.3 Å². The molecule has 2 aliphatic rings. The second-order valence-corrected chi connectivity index (χ2v) is 7.46. The van der Waals surface area contributed by atoms with E-state index in [-0.39, 0.29) is 36.0 Å². The molecule has 0 saturated carbocycles. The Balaban J connectivity index is 1.45. The number of aliphatic hydroxyl groups excluding tert-OH is 2. The zero-order chi connectivity index (χ0) is 21.4. The number of imidazole rings is 1. The molecule has 4 rings (SSSR count). The third-order valence-corrected chi connectivity index (χ3v) is 5.39. The lowest BCUT2D eigenvalue weighted by molar-refractivity contribution is -0.130. The number of aromatic nitrogens is 4. The lowest BCUT2D eigenvalue weighted by Crippen LogP contribution is -2.50. The van der Waals surface area contributed by atoms with Gasteiger partial charge in [0.15, 0.2) is 17.7 Å². The highest BCUT2D eigenvalue weighted by Crippen LogP contribution is 2.30. The SMILES string of the molecule is Cc1nc(N)c2[nH]c(=O)n([C@@H]3O[C@H](CNCC(=O)N4CCNCC4)[C@@H](O)[C@H]3O)c2n1. The average Bonchev–Trinajstić information content (AvgIpc) is 3.19. The monoisotopic (exact) mass is 422 g/mol. The predicted molar refractivity (Wildman–Crippen MR) is 106 cm³/mol. The molecule has 7 N–H and O–H groups in total. The van der Waals surface area contributed by atoms with E-state index in [1.165, 1.54) is 0 Å². The van der Waals surface area contributed by atoms with Gasteiger partial charge in [0.2, 0.25) is 5.91 Å². The van der Waals surface area contributed by atoms with Gasteiger partial charge in [0, 0.05) is 32.7 Å². The normalized spacial score (nSPS) is 27.1. The van der Waals surface area contributed by atoms with E-state index in [2.05, 4.69) is 25.6 Å². The third kappa shape index (κ3) is 3.77. The molecule has 0 radical (unpaired) electrons. The van der Waals surface area contributed by atoms with Crippen LogP contribution in [0.2, 0.25) is 0 Å². The summed E-state index contributed by atoms with van der Waals surface area (Å²) in [5.41, 5.74) is 5.68. The molecule has 30 heavy (non-hydrogen) atoms. The number of hydrogen-bond donors (Lipinski definition) is 6. The van der Waals surface area contributed by atoms with Crippen LogP contribution in [-0.2, 0) is 9.53 Å². The number of carbonyl (C=O) groups is 1. The number of nitrogens with zero attached hydrogens (tertiary/aromatic N) is 4. The zero-order valence-corrected chi connectivity index (χ0v) is 16.5. The second kappa shape index (κ2) is 8.28. The molecule has 4 heterocycles. The number of nitrogens with two attached hydrogens (primary N) is 1. The van der Waals surface area contributed by atoms with Gasteiger partial charge in [0.1, 0.15) is 29.7 Å². The average molecular weight is 422 g/mol. The van der Waals surface area contributed by atoms with Crippen molar-refractivity contribution in [2.75, 3.05) is 45.0 Å². The molecule has 0 aliphatic carbocycles. The van der Waals surface area contributed by atoms with Crippen LogP contribution < -0.4 is 22.1 Å². The van der Waals surface area contributed by atoms with Crippen LogP contribution in [-0.4, -0.2) is 98.1 Å². The molecule has 13 heteroatoms. The summed E-state index contributed by atoms with van der Waals surface area (Å²) < 4.78 is 6.90. The fourth-order valence-corrected chi connectivity index (χ4v) is 3.83. The summed E-state index contributed by atoms with van der Waals surface area (Å²) in [5.74, 6) is 0.410. The maximum atomic E-state index is 12.5. The summed E-state index contributed by atoms with van der Waals surface area (Å²) in [4.78, 5) is 37.2. The van der Waals surface area contributed by atoms with Crippen molar-refractivity contribution in [3.63, 3.8) is 0 Å². The van der Waals surface area contributed by atoms with Crippen LogP contribution in [0.3, 0.4) is 0 Å². The smallest absolute Gasteiger partial charge is 0.330 e. The van der Waals surface area contributed by atoms with Crippen molar-refractivity contribution in [3.05, 3.63) is 16.3 Å². The quantitative estimate of drug-likeness (QED) is 0.285. The fourth-order valence-electron chi connectivity index (χ4n) is 3.83. The number of fused-ring (bicyclic) bond motifs is 1. The summed E-state index contributed by atoms with van der Waals surface area (Å²) >= 11 is 0. The van der Waals surface area contributed by atoms with Crippen LogP contribution in [0, 0.1) is 6.92 Å². The van der Waals surface area contributed by atoms with E-state index in [0.717, 1.165) is 17.7 Å². The van der Waals surface area contributed by atoms with E-state index in [0.29, 0.717) is 18.9 Å². The van der Waals surface area contributed by atoms with Crippen molar-refractivity contribution in [1.82, 2.24) is 35.1 Å². The first kappa shape index (κ1) is 20.7. The van der Waals surface area contributed by atoms with Gasteiger partial charge in [-0.2, -0.15) is 0 Å². The Labute approximate surface area is 171 Å². The van der Waals surface area contributed by atoms with E-state index in [1.54, 1.807) is 11.8 Å².